The Balaban J connectivity index is 2.27. The molecule has 17 heavy (non-hydrogen) atoms. The number of hydrogen-bond donors (Lipinski definition) is 2. The molecule has 0 radical (unpaired) electrons. The van der Waals surface area contributed by atoms with Crippen molar-refractivity contribution in [3.05, 3.63) is 23.9 Å². The number of nitrogens with zero attached hydrogens (tertiary/aromatic N) is 2. The lowest BCUT2D eigenvalue weighted by molar-refractivity contribution is 0.0697. The monoisotopic (exact) mass is 236 g/mol. The van der Waals surface area contributed by atoms with Gasteiger partial charge in [0, 0.05) is 31.8 Å². The molecule has 0 aliphatic carbocycles. The van der Waals surface area contributed by atoms with Gasteiger partial charge in [-0.15, -0.1) is 0 Å². The molecule has 0 spiro atoms. The topological polar surface area (TPSA) is 73.7 Å². The Labute approximate surface area is 99.7 Å². The minimum atomic E-state index is -0.965. The quantitative estimate of drug-likeness (QED) is 0.813. The molecule has 5 nitrogen and oxygen atoms in total. The van der Waals surface area contributed by atoms with Gasteiger partial charge in [0.15, 0.2) is 0 Å². The van der Waals surface area contributed by atoms with Gasteiger partial charge in [-0.2, -0.15) is 0 Å². The minimum Gasteiger partial charge on any atom is -0.478 e. The first-order valence-electron chi connectivity index (χ1n) is 5.67. The van der Waals surface area contributed by atoms with Crippen LogP contribution in [0.2, 0.25) is 0 Å². The average Bonchev–Trinajstić information content (AvgIpc) is 2.70. The molecule has 0 aromatic carbocycles. The molecule has 1 aliphatic heterocycles. The zero-order valence-electron chi connectivity index (χ0n) is 9.71. The molecule has 0 amide bonds. The van der Waals surface area contributed by atoms with E-state index in [2.05, 4.69) is 11.9 Å². The third-order valence-electron chi connectivity index (χ3n) is 3.32. The van der Waals surface area contributed by atoms with Crippen LogP contribution >= 0.6 is 0 Å². The van der Waals surface area contributed by atoms with Crippen molar-refractivity contribution in [3.63, 3.8) is 0 Å². The maximum Gasteiger partial charge on any atom is 0.339 e. The van der Waals surface area contributed by atoms with Crippen molar-refractivity contribution in [3.8, 4) is 0 Å². The van der Waals surface area contributed by atoms with Crippen LogP contribution in [0.15, 0.2) is 18.3 Å². The highest BCUT2D eigenvalue weighted by molar-refractivity contribution is 5.93. The summed E-state index contributed by atoms with van der Waals surface area (Å²) in [5, 5.41) is 18.3. The Hall–Kier alpha value is -1.62. The molecule has 2 rings (SSSR count). The van der Waals surface area contributed by atoms with Crippen LogP contribution < -0.4 is 4.90 Å². The van der Waals surface area contributed by atoms with Crippen molar-refractivity contribution in [2.75, 3.05) is 24.6 Å². The van der Waals surface area contributed by atoms with Gasteiger partial charge in [-0.05, 0) is 18.1 Å². The number of carboxylic acid groups (broad SMARTS) is 1. The van der Waals surface area contributed by atoms with Crippen molar-refractivity contribution < 1.29 is 15.0 Å². The third-order valence-corrected chi connectivity index (χ3v) is 3.32. The van der Waals surface area contributed by atoms with Gasteiger partial charge in [-0.3, -0.25) is 0 Å². The van der Waals surface area contributed by atoms with Gasteiger partial charge >= 0.3 is 5.97 Å². The Morgan fingerprint density at radius 1 is 1.59 bits per heavy atom. The van der Waals surface area contributed by atoms with Crippen LogP contribution in [0, 0.1) is 11.8 Å². The van der Waals surface area contributed by atoms with Crippen LogP contribution in [0.25, 0.3) is 0 Å². The predicted octanol–water partition coefficient (Wildman–Crippen LogP) is 0.844. The van der Waals surface area contributed by atoms with E-state index in [0.29, 0.717) is 18.3 Å². The average molecular weight is 236 g/mol. The molecule has 2 atom stereocenters. The van der Waals surface area contributed by atoms with Crippen LogP contribution in [0.5, 0.6) is 0 Å². The number of aromatic nitrogens is 1. The molecular weight excluding hydrogens is 220 g/mol. The summed E-state index contributed by atoms with van der Waals surface area (Å²) in [7, 11) is 0. The normalized spacial score (nSPS) is 24.0. The standard InChI is InChI=1S/C12H16N2O3/c1-8-5-14(6-9(8)7-15)11-10(12(16)17)3-2-4-13-11/h2-4,8-9,15H,5-7H2,1H3,(H,16,17)/t8-,9-/m0/s1. The Morgan fingerprint density at radius 2 is 2.35 bits per heavy atom. The molecule has 0 bridgehead atoms. The van der Waals surface area contributed by atoms with E-state index in [0.717, 1.165) is 6.54 Å². The number of aliphatic hydroxyl groups is 1. The fourth-order valence-electron chi connectivity index (χ4n) is 2.26. The number of carboxylic acids is 1. The number of aliphatic hydroxyl groups excluding tert-OH is 1. The maximum atomic E-state index is 11.1. The second-order valence-electron chi connectivity index (χ2n) is 4.50. The molecule has 5 heteroatoms. The highest BCUT2D eigenvalue weighted by Gasteiger charge is 2.31. The van der Waals surface area contributed by atoms with Gasteiger partial charge in [0.25, 0.3) is 0 Å². The largest absolute Gasteiger partial charge is 0.478 e. The van der Waals surface area contributed by atoms with Gasteiger partial charge in [-0.25, -0.2) is 9.78 Å². The van der Waals surface area contributed by atoms with Crippen molar-refractivity contribution >= 4 is 11.8 Å². The number of rotatable bonds is 3. The van der Waals surface area contributed by atoms with Crippen LogP contribution in [-0.2, 0) is 0 Å². The molecule has 0 unspecified atom stereocenters. The SMILES string of the molecule is C[C@H]1CN(c2ncccc2C(=O)O)C[C@H]1CO. The number of pyridine rings is 1. The Kier molecular flexibility index (Phi) is 3.28. The number of anilines is 1. The second kappa shape index (κ2) is 4.71. The van der Waals surface area contributed by atoms with Gasteiger partial charge in [-0.1, -0.05) is 6.92 Å². The highest BCUT2D eigenvalue weighted by Crippen LogP contribution is 2.28. The lowest BCUT2D eigenvalue weighted by Crippen LogP contribution is -2.24. The molecule has 1 aromatic rings. The van der Waals surface area contributed by atoms with E-state index >= 15 is 0 Å². The molecule has 1 fully saturated rings. The number of aromatic carboxylic acids is 1. The van der Waals surface area contributed by atoms with Crippen LogP contribution in [0.3, 0.4) is 0 Å². The van der Waals surface area contributed by atoms with Crippen LogP contribution in [0.4, 0.5) is 5.82 Å². The van der Waals surface area contributed by atoms with Crippen LogP contribution in [0.1, 0.15) is 17.3 Å². The Bertz CT molecular complexity index is 422. The summed E-state index contributed by atoms with van der Waals surface area (Å²) in [4.78, 5) is 17.2. The molecule has 92 valence electrons. The van der Waals surface area contributed by atoms with Crippen molar-refractivity contribution in [2.24, 2.45) is 11.8 Å². The molecule has 2 N–H and O–H groups in total. The summed E-state index contributed by atoms with van der Waals surface area (Å²) in [6.07, 6.45) is 1.60. The first kappa shape index (κ1) is 11.9. The molecular formula is C12H16N2O3. The maximum absolute atomic E-state index is 11.1. The summed E-state index contributed by atoms with van der Waals surface area (Å²) in [5.74, 6) is 0.0818. The van der Waals surface area contributed by atoms with Crippen LogP contribution in [-0.4, -0.2) is 40.9 Å². The van der Waals surface area contributed by atoms with Crippen molar-refractivity contribution in [1.82, 2.24) is 4.98 Å². The van der Waals surface area contributed by atoms with E-state index in [4.69, 9.17) is 5.11 Å². The lowest BCUT2D eigenvalue weighted by Gasteiger charge is -2.18. The van der Waals surface area contributed by atoms with Gasteiger partial charge in [0.05, 0.1) is 0 Å². The summed E-state index contributed by atoms with van der Waals surface area (Å²) >= 11 is 0. The van der Waals surface area contributed by atoms with E-state index < -0.39 is 5.97 Å². The lowest BCUT2D eigenvalue weighted by atomic mass is 10.00. The summed E-state index contributed by atoms with van der Waals surface area (Å²) in [6.45, 7) is 3.59. The third kappa shape index (κ3) is 2.24. The zero-order chi connectivity index (χ0) is 12.4. The van der Waals surface area contributed by atoms with E-state index in [1.54, 1.807) is 18.3 Å². The molecule has 0 saturated carbocycles. The minimum absolute atomic E-state index is 0.132. The summed E-state index contributed by atoms with van der Waals surface area (Å²) < 4.78 is 0. The fourth-order valence-corrected chi connectivity index (χ4v) is 2.26. The zero-order valence-corrected chi connectivity index (χ0v) is 9.71. The summed E-state index contributed by atoms with van der Waals surface area (Å²) in [5.41, 5.74) is 0.221. The van der Waals surface area contributed by atoms with Crippen molar-refractivity contribution in [2.45, 2.75) is 6.92 Å². The van der Waals surface area contributed by atoms with Gasteiger partial charge < -0.3 is 15.1 Å². The van der Waals surface area contributed by atoms with E-state index in [-0.39, 0.29) is 18.1 Å². The Morgan fingerprint density at radius 3 is 2.94 bits per heavy atom. The second-order valence-corrected chi connectivity index (χ2v) is 4.50. The van der Waals surface area contributed by atoms with E-state index in [9.17, 15) is 9.90 Å². The first-order valence-corrected chi connectivity index (χ1v) is 5.67. The summed E-state index contributed by atoms with van der Waals surface area (Å²) in [6, 6.07) is 3.18. The molecule has 1 aromatic heterocycles. The highest BCUT2D eigenvalue weighted by atomic mass is 16.4. The van der Waals surface area contributed by atoms with Gasteiger partial charge in [0.1, 0.15) is 11.4 Å². The first-order chi connectivity index (χ1) is 8.13. The van der Waals surface area contributed by atoms with E-state index in [1.165, 1.54) is 0 Å². The predicted molar refractivity (Wildman–Crippen MR) is 63.1 cm³/mol. The fraction of sp³-hybridized carbons (Fsp3) is 0.500. The number of carbonyl (C=O) groups is 1. The van der Waals surface area contributed by atoms with Crippen molar-refractivity contribution in [1.29, 1.82) is 0 Å². The molecule has 2 heterocycles. The molecule has 1 aliphatic rings. The smallest absolute Gasteiger partial charge is 0.339 e. The van der Waals surface area contributed by atoms with E-state index in [1.807, 2.05) is 4.90 Å². The number of hydrogen-bond acceptors (Lipinski definition) is 4. The molecule has 1 saturated heterocycles. The van der Waals surface area contributed by atoms with Gasteiger partial charge in [0.2, 0.25) is 0 Å².